The van der Waals surface area contributed by atoms with Gasteiger partial charge in [0.1, 0.15) is 0 Å². The summed E-state index contributed by atoms with van der Waals surface area (Å²) in [5.74, 6) is 0. The molecule has 0 aliphatic heterocycles. The minimum Gasteiger partial charge on any atom is -0.405 e. The number of rotatable bonds is 1. The minimum absolute atomic E-state index is 0.778. The van der Waals surface area contributed by atoms with Crippen molar-refractivity contribution >= 4 is 6.08 Å². The number of nitrogens with zero attached hydrogens (tertiary/aromatic N) is 2. The van der Waals surface area contributed by atoms with Crippen molar-refractivity contribution < 1.29 is 0 Å². The number of aromatic nitrogens is 2. The second-order valence-corrected chi connectivity index (χ2v) is 1.49. The molecule has 0 aromatic carbocycles. The lowest BCUT2D eigenvalue weighted by Crippen LogP contribution is -1.82. The van der Waals surface area contributed by atoms with E-state index in [1.165, 1.54) is 6.20 Å². The van der Waals surface area contributed by atoms with Crippen LogP contribution in [0.15, 0.2) is 24.8 Å². The SMILES string of the molecule is NC=Cc1cnccn1. The molecule has 0 saturated carbocycles. The molecule has 0 amide bonds. The fourth-order valence-corrected chi connectivity index (χ4v) is 0.495. The zero-order valence-electron chi connectivity index (χ0n) is 4.86. The molecule has 0 aliphatic rings. The Kier molecular flexibility index (Phi) is 1.80. The molecule has 0 aliphatic carbocycles. The van der Waals surface area contributed by atoms with Gasteiger partial charge in [-0.25, -0.2) is 0 Å². The molecular formula is C6H7N3. The molecular weight excluding hydrogens is 114 g/mol. The summed E-state index contributed by atoms with van der Waals surface area (Å²) in [6.45, 7) is 0. The highest BCUT2D eigenvalue weighted by Crippen LogP contribution is 1.89. The lowest BCUT2D eigenvalue weighted by Gasteiger charge is -1.85. The second-order valence-electron chi connectivity index (χ2n) is 1.49. The zero-order chi connectivity index (χ0) is 6.53. The van der Waals surface area contributed by atoms with Gasteiger partial charge in [-0.1, -0.05) is 0 Å². The van der Waals surface area contributed by atoms with E-state index in [-0.39, 0.29) is 0 Å². The van der Waals surface area contributed by atoms with Gasteiger partial charge in [0.2, 0.25) is 0 Å². The van der Waals surface area contributed by atoms with Gasteiger partial charge in [0.15, 0.2) is 0 Å². The van der Waals surface area contributed by atoms with Gasteiger partial charge in [-0.15, -0.1) is 0 Å². The van der Waals surface area contributed by atoms with Crippen molar-refractivity contribution in [3.63, 3.8) is 0 Å². The fraction of sp³-hybridized carbons (Fsp3) is 0. The molecule has 0 fully saturated rings. The molecule has 0 radical (unpaired) electrons. The van der Waals surface area contributed by atoms with E-state index in [1.54, 1.807) is 24.7 Å². The van der Waals surface area contributed by atoms with Crippen LogP contribution in [-0.4, -0.2) is 9.97 Å². The highest BCUT2D eigenvalue weighted by atomic mass is 14.8. The van der Waals surface area contributed by atoms with E-state index in [1.807, 2.05) is 0 Å². The smallest absolute Gasteiger partial charge is 0.0827 e. The van der Waals surface area contributed by atoms with Crippen molar-refractivity contribution in [3.05, 3.63) is 30.5 Å². The Morgan fingerprint density at radius 1 is 1.44 bits per heavy atom. The summed E-state index contributed by atoms with van der Waals surface area (Å²) in [6.07, 6.45) is 8.00. The number of hydrogen-bond donors (Lipinski definition) is 1. The van der Waals surface area contributed by atoms with Crippen molar-refractivity contribution in [3.8, 4) is 0 Å². The molecule has 9 heavy (non-hydrogen) atoms. The lowest BCUT2D eigenvalue weighted by molar-refractivity contribution is 1.18. The van der Waals surface area contributed by atoms with Crippen LogP contribution in [0.1, 0.15) is 5.69 Å². The van der Waals surface area contributed by atoms with Gasteiger partial charge in [-0.3, -0.25) is 9.97 Å². The molecule has 3 heteroatoms. The second kappa shape index (κ2) is 2.81. The first kappa shape index (κ1) is 5.75. The van der Waals surface area contributed by atoms with Crippen LogP contribution in [0.5, 0.6) is 0 Å². The predicted molar refractivity (Wildman–Crippen MR) is 35.3 cm³/mol. The summed E-state index contributed by atoms with van der Waals surface area (Å²) in [5.41, 5.74) is 5.89. The van der Waals surface area contributed by atoms with Gasteiger partial charge in [-0.05, 0) is 12.3 Å². The van der Waals surface area contributed by atoms with E-state index in [4.69, 9.17) is 5.73 Å². The van der Waals surface area contributed by atoms with Crippen molar-refractivity contribution in [2.24, 2.45) is 5.73 Å². The van der Waals surface area contributed by atoms with Crippen molar-refractivity contribution in [2.75, 3.05) is 0 Å². The Balaban J connectivity index is 2.85. The fourth-order valence-electron chi connectivity index (χ4n) is 0.495. The zero-order valence-corrected chi connectivity index (χ0v) is 4.86. The van der Waals surface area contributed by atoms with Crippen LogP contribution in [0.2, 0.25) is 0 Å². The average Bonchev–Trinajstić information content (AvgIpc) is 1.91. The average molecular weight is 121 g/mol. The van der Waals surface area contributed by atoms with Crippen LogP contribution in [-0.2, 0) is 0 Å². The van der Waals surface area contributed by atoms with Crippen LogP contribution in [0.25, 0.3) is 6.08 Å². The van der Waals surface area contributed by atoms with E-state index in [0.717, 1.165) is 5.69 Å². The quantitative estimate of drug-likeness (QED) is 0.585. The monoisotopic (exact) mass is 121 g/mol. The molecule has 3 nitrogen and oxygen atoms in total. The van der Waals surface area contributed by atoms with E-state index in [0.29, 0.717) is 0 Å². The van der Waals surface area contributed by atoms with Crippen LogP contribution >= 0.6 is 0 Å². The summed E-state index contributed by atoms with van der Waals surface area (Å²) in [4.78, 5) is 7.77. The Bertz CT molecular complexity index is 193. The third kappa shape index (κ3) is 1.53. The van der Waals surface area contributed by atoms with Crippen LogP contribution < -0.4 is 5.73 Å². The largest absolute Gasteiger partial charge is 0.405 e. The van der Waals surface area contributed by atoms with E-state index < -0.39 is 0 Å². The molecule has 1 aromatic rings. The maximum absolute atomic E-state index is 5.11. The van der Waals surface area contributed by atoms with Crippen LogP contribution in [0, 0.1) is 0 Å². The van der Waals surface area contributed by atoms with Gasteiger partial charge in [0.25, 0.3) is 0 Å². The molecule has 1 aromatic heterocycles. The Morgan fingerprint density at radius 2 is 2.33 bits per heavy atom. The molecule has 0 saturated heterocycles. The van der Waals surface area contributed by atoms with Crippen molar-refractivity contribution in [1.29, 1.82) is 0 Å². The number of hydrogen-bond acceptors (Lipinski definition) is 3. The Labute approximate surface area is 53.3 Å². The maximum atomic E-state index is 5.11. The van der Waals surface area contributed by atoms with E-state index in [9.17, 15) is 0 Å². The van der Waals surface area contributed by atoms with Gasteiger partial charge in [-0.2, -0.15) is 0 Å². The molecule has 1 rings (SSSR count). The third-order valence-corrected chi connectivity index (χ3v) is 0.850. The topological polar surface area (TPSA) is 51.8 Å². The Morgan fingerprint density at radius 3 is 2.89 bits per heavy atom. The lowest BCUT2D eigenvalue weighted by atomic mass is 10.4. The first-order valence-electron chi connectivity index (χ1n) is 2.58. The third-order valence-electron chi connectivity index (χ3n) is 0.850. The summed E-state index contributed by atoms with van der Waals surface area (Å²) in [6, 6.07) is 0. The molecule has 0 unspecified atom stereocenters. The van der Waals surface area contributed by atoms with Crippen LogP contribution in [0.3, 0.4) is 0 Å². The van der Waals surface area contributed by atoms with Crippen LogP contribution in [0.4, 0.5) is 0 Å². The standard InChI is InChI=1S/C6H7N3/c7-2-1-6-5-8-3-4-9-6/h1-5H,7H2. The summed E-state index contributed by atoms with van der Waals surface area (Å²) < 4.78 is 0. The predicted octanol–water partition coefficient (Wildman–Crippen LogP) is 0.406. The van der Waals surface area contributed by atoms with Gasteiger partial charge < -0.3 is 5.73 Å². The van der Waals surface area contributed by atoms with Gasteiger partial charge in [0, 0.05) is 12.4 Å². The first-order valence-corrected chi connectivity index (χ1v) is 2.58. The van der Waals surface area contributed by atoms with Gasteiger partial charge in [0.05, 0.1) is 11.9 Å². The highest BCUT2D eigenvalue weighted by molar-refractivity contribution is 5.41. The minimum atomic E-state index is 0.778. The van der Waals surface area contributed by atoms with Crippen molar-refractivity contribution in [2.45, 2.75) is 0 Å². The summed E-state index contributed by atoms with van der Waals surface area (Å²) >= 11 is 0. The summed E-state index contributed by atoms with van der Waals surface area (Å²) in [5, 5.41) is 0. The van der Waals surface area contributed by atoms with E-state index >= 15 is 0 Å². The molecule has 0 bridgehead atoms. The Hall–Kier alpha value is -1.38. The molecule has 1 heterocycles. The normalized spacial score (nSPS) is 10.2. The molecule has 0 spiro atoms. The first-order chi connectivity index (χ1) is 4.43. The molecule has 0 atom stereocenters. The summed E-state index contributed by atoms with van der Waals surface area (Å²) in [7, 11) is 0. The van der Waals surface area contributed by atoms with Gasteiger partial charge >= 0.3 is 0 Å². The van der Waals surface area contributed by atoms with E-state index in [2.05, 4.69) is 9.97 Å². The molecule has 46 valence electrons. The maximum Gasteiger partial charge on any atom is 0.0827 e. The highest BCUT2D eigenvalue weighted by Gasteiger charge is 1.80. The number of nitrogens with two attached hydrogens (primary N) is 1. The van der Waals surface area contributed by atoms with Crippen molar-refractivity contribution in [1.82, 2.24) is 9.97 Å². The molecule has 2 N–H and O–H groups in total.